The molecular weight excluding hydrogens is 370 g/mol. The maximum absolute atomic E-state index is 14.0. The van der Waals surface area contributed by atoms with Crippen molar-refractivity contribution in [1.29, 1.82) is 0 Å². The second-order valence-corrected chi connectivity index (χ2v) is 6.20. The van der Waals surface area contributed by atoms with Crippen LogP contribution >= 0.6 is 0 Å². The summed E-state index contributed by atoms with van der Waals surface area (Å²) in [6, 6.07) is 4.78. The molecule has 2 heterocycles. The van der Waals surface area contributed by atoms with Crippen LogP contribution in [-0.2, 0) is 11.0 Å². The third-order valence-electron chi connectivity index (χ3n) is 4.41. The van der Waals surface area contributed by atoms with Crippen molar-refractivity contribution >= 4 is 11.9 Å². The first-order valence-electron chi connectivity index (χ1n) is 8.12. The fraction of sp³-hybridized carbons (Fsp3) is 0.353. The van der Waals surface area contributed by atoms with E-state index >= 15 is 0 Å². The third-order valence-corrected chi connectivity index (χ3v) is 4.41. The number of carbonyl (C=O) groups excluding carboxylic acids is 1. The van der Waals surface area contributed by atoms with Gasteiger partial charge in [-0.25, -0.2) is 9.07 Å². The van der Waals surface area contributed by atoms with Crippen molar-refractivity contribution in [1.82, 2.24) is 14.7 Å². The predicted molar refractivity (Wildman–Crippen MR) is 84.8 cm³/mol. The van der Waals surface area contributed by atoms with Gasteiger partial charge in [0.2, 0.25) is 0 Å². The Labute approximate surface area is 151 Å². The topological polar surface area (TPSA) is 75.4 Å². The minimum Gasteiger partial charge on any atom is -0.481 e. The summed E-state index contributed by atoms with van der Waals surface area (Å²) in [5, 5.41) is 12.7. The molecule has 1 N–H and O–H groups in total. The summed E-state index contributed by atoms with van der Waals surface area (Å²) in [5.41, 5.74) is -2.57. The average Bonchev–Trinajstić information content (AvgIpc) is 3.06. The molecule has 10 heteroatoms. The van der Waals surface area contributed by atoms with Gasteiger partial charge >= 0.3 is 12.1 Å². The monoisotopic (exact) mass is 385 g/mol. The SMILES string of the molecule is O=C(O)C1CCCN(C(=O)c2cnn(-c3ccccc3F)c2C(F)(F)F)C1. The third kappa shape index (κ3) is 3.64. The highest BCUT2D eigenvalue weighted by atomic mass is 19.4. The zero-order valence-electron chi connectivity index (χ0n) is 13.9. The van der Waals surface area contributed by atoms with Crippen molar-refractivity contribution in [2.45, 2.75) is 19.0 Å². The van der Waals surface area contributed by atoms with Crippen molar-refractivity contribution in [2.24, 2.45) is 5.92 Å². The highest BCUT2D eigenvalue weighted by molar-refractivity contribution is 5.96. The molecule has 1 saturated heterocycles. The van der Waals surface area contributed by atoms with E-state index in [1.165, 1.54) is 12.1 Å². The first-order chi connectivity index (χ1) is 12.7. The average molecular weight is 385 g/mol. The lowest BCUT2D eigenvalue weighted by molar-refractivity contribution is -0.144. The first kappa shape index (κ1) is 18.9. The standard InChI is InChI=1S/C17H15F4N3O3/c18-12-5-1-2-6-13(12)24-14(17(19,20)21)11(8-22-24)15(25)23-7-3-4-10(9-23)16(26)27/h1-2,5-6,8,10H,3-4,7,9H2,(H,26,27). The minimum atomic E-state index is -4.97. The van der Waals surface area contributed by atoms with Crippen LogP contribution in [0.1, 0.15) is 28.9 Å². The molecular formula is C17H15F4N3O3. The van der Waals surface area contributed by atoms with E-state index in [-0.39, 0.29) is 13.1 Å². The molecule has 1 aliphatic heterocycles. The maximum Gasteiger partial charge on any atom is 0.434 e. The second kappa shape index (κ2) is 7.01. The lowest BCUT2D eigenvalue weighted by Crippen LogP contribution is -2.42. The fourth-order valence-electron chi connectivity index (χ4n) is 3.12. The van der Waals surface area contributed by atoms with Crippen molar-refractivity contribution < 1.29 is 32.3 Å². The molecule has 0 spiro atoms. The van der Waals surface area contributed by atoms with Crippen LogP contribution in [0.2, 0.25) is 0 Å². The number of carboxylic acids is 1. The van der Waals surface area contributed by atoms with Crippen LogP contribution in [-0.4, -0.2) is 44.8 Å². The molecule has 1 aliphatic rings. The van der Waals surface area contributed by atoms with Crippen molar-refractivity contribution in [3.63, 3.8) is 0 Å². The number of amides is 1. The number of alkyl halides is 3. The Balaban J connectivity index is 2.02. The number of rotatable bonds is 3. The Bertz CT molecular complexity index is 879. The van der Waals surface area contributed by atoms with E-state index < -0.39 is 46.7 Å². The number of para-hydroxylation sites is 1. The van der Waals surface area contributed by atoms with Gasteiger partial charge in [0.05, 0.1) is 17.7 Å². The van der Waals surface area contributed by atoms with Gasteiger partial charge in [-0.05, 0) is 25.0 Å². The molecule has 0 radical (unpaired) electrons. The Morgan fingerprint density at radius 2 is 1.93 bits per heavy atom. The number of hydrogen-bond acceptors (Lipinski definition) is 3. The van der Waals surface area contributed by atoms with Crippen LogP contribution in [0.15, 0.2) is 30.5 Å². The summed E-state index contributed by atoms with van der Waals surface area (Å²) < 4.78 is 55.2. The predicted octanol–water partition coefficient (Wildman–Crippen LogP) is 2.97. The van der Waals surface area contributed by atoms with E-state index in [9.17, 15) is 27.2 Å². The summed E-state index contributed by atoms with van der Waals surface area (Å²) >= 11 is 0. The molecule has 3 rings (SSSR count). The van der Waals surface area contributed by atoms with E-state index in [4.69, 9.17) is 5.11 Å². The molecule has 27 heavy (non-hydrogen) atoms. The van der Waals surface area contributed by atoms with Gasteiger partial charge in [0.1, 0.15) is 11.5 Å². The number of nitrogens with zero attached hydrogens (tertiary/aromatic N) is 3. The van der Waals surface area contributed by atoms with Crippen molar-refractivity contribution in [2.75, 3.05) is 13.1 Å². The van der Waals surface area contributed by atoms with Gasteiger partial charge in [-0.1, -0.05) is 12.1 Å². The Kier molecular flexibility index (Phi) is 4.90. The first-order valence-corrected chi connectivity index (χ1v) is 8.12. The molecule has 1 unspecified atom stereocenters. The van der Waals surface area contributed by atoms with Crippen LogP contribution in [0.25, 0.3) is 5.69 Å². The number of benzene rings is 1. The van der Waals surface area contributed by atoms with Gasteiger partial charge in [-0.15, -0.1) is 0 Å². The van der Waals surface area contributed by atoms with E-state index in [0.717, 1.165) is 23.2 Å². The van der Waals surface area contributed by atoms with E-state index in [2.05, 4.69) is 5.10 Å². The number of halogens is 4. The molecule has 0 bridgehead atoms. The molecule has 1 aromatic heterocycles. The smallest absolute Gasteiger partial charge is 0.434 e. The molecule has 0 saturated carbocycles. The quantitative estimate of drug-likeness (QED) is 0.825. The summed E-state index contributed by atoms with van der Waals surface area (Å²) in [7, 11) is 0. The Morgan fingerprint density at radius 1 is 1.22 bits per heavy atom. The van der Waals surface area contributed by atoms with Gasteiger partial charge in [0, 0.05) is 13.1 Å². The molecule has 0 aliphatic carbocycles. The summed E-state index contributed by atoms with van der Waals surface area (Å²) in [6.07, 6.45) is -3.51. The number of hydrogen-bond donors (Lipinski definition) is 1. The summed E-state index contributed by atoms with van der Waals surface area (Å²) in [5.74, 6) is -3.84. The van der Waals surface area contributed by atoms with Gasteiger partial charge in [-0.2, -0.15) is 18.3 Å². The van der Waals surface area contributed by atoms with Crippen LogP contribution in [0, 0.1) is 11.7 Å². The van der Waals surface area contributed by atoms with Crippen LogP contribution in [0.3, 0.4) is 0 Å². The zero-order chi connectivity index (χ0) is 19.8. The lowest BCUT2D eigenvalue weighted by Gasteiger charge is -2.30. The molecule has 1 aromatic carbocycles. The maximum atomic E-state index is 14.0. The van der Waals surface area contributed by atoms with E-state index in [1.54, 1.807) is 0 Å². The largest absolute Gasteiger partial charge is 0.481 e. The molecule has 1 atom stereocenters. The zero-order valence-corrected chi connectivity index (χ0v) is 13.9. The fourth-order valence-corrected chi connectivity index (χ4v) is 3.12. The van der Waals surface area contributed by atoms with Gasteiger partial charge < -0.3 is 10.0 Å². The molecule has 144 valence electrons. The number of carboxylic acid groups (broad SMARTS) is 1. The highest BCUT2D eigenvalue weighted by Crippen LogP contribution is 2.35. The number of aromatic nitrogens is 2. The molecule has 1 amide bonds. The number of piperidine rings is 1. The molecule has 2 aromatic rings. The summed E-state index contributed by atoms with van der Waals surface area (Å²) in [4.78, 5) is 24.9. The van der Waals surface area contributed by atoms with Gasteiger partial charge in [0.15, 0.2) is 5.69 Å². The Morgan fingerprint density at radius 3 is 2.56 bits per heavy atom. The number of aliphatic carboxylic acids is 1. The molecule has 1 fully saturated rings. The number of carbonyl (C=O) groups is 2. The van der Waals surface area contributed by atoms with Crippen molar-refractivity contribution in [3.05, 3.63) is 47.5 Å². The van der Waals surface area contributed by atoms with E-state index in [0.29, 0.717) is 17.5 Å². The lowest BCUT2D eigenvalue weighted by atomic mass is 9.97. The Hall–Kier alpha value is -2.91. The van der Waals surface area contributed by atoms with Crippen molar-refractivity contribution in [3.8, 4) is 5.69 Å². The van der Waals surface area contributed by atoms with Crippen LogP contribution in [0.5, 0.6) is 0 Å². The normalized spacial score (nSPS) is 17.8. The summed E-state index contributed by atoms with van der Waals surface area (Å²) in [6.45, 7) is -0.0405. The van der Waals surface area contributed by atoms with Crippen LogP contribution in [0.4, 0.5) is 17.6 Å². The molecule has 6 nitrogen and oxygen atoms in total. The number of likely N-dealkylation sites (tertiary alicyclic amines) is 1. The van der Waals surface area contributed by atoms with Crippen LogP contribution < -0.4 is 0 Å². The van der Waals surface area contributed by atoms with Gasteiger partial charge in [0.25, 0.3) is 5.91 Å². The second-order valence-electron chi connectivity index (χ2n) is 6.20. The minimum absolute atomic E-state index is 0.144. The van der Waals surface area contributed by atoms with Gasteiger partial charge in [-0.3, -0.25) is 9.59 Å². The highest BCUT2D eigenvalue weighted by Gasteiger charge is 2.42. The van der Waals surface area contributed by atoms with E-state index in [1.807, 2.05) is 0 Å².